The molecule has 0 radical (unpaired) electrons. The maximum atomic E-state index is 12.3. The number of piperazine rings is 1. The molecule has 2 fully saturated rings. The van der Waals surface area contributed by atoms with Gasteiger partial charge in [0.25, 0.3) is 0 Å². The van der Waals surface area contributed by atoms with Gasteiger partial charge in [-0.05, 0) is 52.0 Å². The van der Waals surface area contributed by atoms with Crippen molar-refractivity contribution in [1.82, 2.24) is 20.0 Å². The van der Waals surface area contributed by atoms with Crippen molar-refractivity contribution < 1.29 is 9.53 Å². The molecule has 0 bridgehead atoms. The summed E-state index contributed by atoms with van der Waals surface area (Å²) in [5.74, 6) is 2.64. The maximum Gasteiger partial charge on any atom is 0.410 e. The Hall–Kier alpha value is -0.770. The minimum Gasteiger partial charge on any atom is -0.444 e. The zero-order valence-corrected chi connectivity index (χ0v) is 21.1. The van der Waals surface area contributed by atoms with E-state index in [9.17, 15) is 4.79 Å². The van der Waals surface area contributed by atoms with Gasteiger partial charge in [-0.25, -0.2) is 4.79 Å². The van der Waals surface area contributed by atoms with Crippen LogP contribution in [-0.4, -0.2) is 90.8 Å². The van der Waals surface area contributed by atoms with Gasteiger partial charge in [-0.1, -0.05) is 13.8 Å². The van der Waals surface area contributed by atoms with Crippen molar-refractivity contribution in [1.29, 1.82) is 0 Å². The first-order chi connectivity index (χ1) is 13.2. The van der Waals surface area contributed by atoms with Crippen LogP contribution in [0.25, 0.3) is 0 Å². The van der Waals surface area contributed by atoms with Crippen LogP contribution in [0.4, 0.5) is 4.79 Å². The van der Waals surface area contributed by atoms with Crippen LogP contribution in [0.15, 0.2) is 4.99 Å². The Kier molecular flexibility index (Phi) is 8.87. The van der Waals surface area contributed by atoms with Crippen LogP contribution in [0.3, 0.4) is 0 Å². The molecule has 0 aromatic rings. The van der Waals surface area contributed by atoms with Crippen molar-refractivity contribution in [2.24, 2.45) is 16.8 Å². The number of nitrogens with zero attached hydrogens (tertiary/aromatic N) is 4. The Morgan fingerprint density at radius 2 is 1.86 bits per heavy atom. The van der Waals surface area contributed by atoms with E-state index in [1.807, 2.05) is 25.7 Å². The zero-order valence-electron chi connectivity index (χ0n) is 18.8. The number of halogens is 1. The Labute approximate surface area is 193 Å². The summed E-state index contributed by atoms with van der Waals surface area (Å²) in [4.78, 5) is 23.8. The molecule has 0 aliphatic carbocycles. The minimum absolute atomic E-state index is 0. The number of hydrogen-bond acceptors (Lipinski definition) is 6. The number of nitrogens with one attached hydrogen (secondary N) is 1. The van der Waals surface area contributed by atoms with E-state index in [-0.39, 0.29) is 36.1 Å². The topological polar surface area (TPSA) is 60.4 Å². The molecular formula is C21H40IN5O2. The average molecular weight is 521 g/mol. The third kappa shape index (κ3) is 7.15. The number of carbonyl (C=O) groups is 1. The third-order valence-corrected chi connectivity index (χ3v) is 5.74. The molecule has 0 saturated carbocycles. The molecule has 3 aliphatic rings. The fourth-order valence-electron chi connectivity index (χ4n) is 4.70. The summed E-state index contributed by atoms with van der Waals surface area (Å²) in [6.07, 6.45) is 2.29. The van der Waals surface area contributed by atoms with E-state index in [0.29, 0.717) is 13.1 Å². The first kappa shape index (κ1) is 24.5. The molecule has 29 heavy (non-hydrogen) atoms. The summed E-state index contributed by atoms with van der Waals surface area (Å²) in [5, 5.41) is 3.54. The van der Waals surface area contributed by atoms with E-state index < -0.39 is 5.60 Å². The van der Waals surface area contributed by atoms with Crippen LogP contribution in [0.5, 0.6) is 0 Å². The van der Waals surface area contributed by atoms with E-state index >= 15 is 0 Å². The molecule has 3 rings (SSSR count). The SMILES string of the molecule is CC1CC(C)CN(CCCNC2=NCC3CN(C(=O)OC(C)(C)C)CCN23)C1.I. The van der Waals surface area contributed by atoms with Crippen molar-refractivity contribution in [3.63, 3.8) is 0 Å². The molecule has 3 heterocycles. The fraction of sp³-hybridized carbons (Fsp3) is 0.905. The molecule has 7 nitrogen and oxygen atoms in total. The number of amides is 1. The number of likely N-dealkylation sites (tertiary alicyclic amines) is 1. The quantitative estimate of drug-likeness (QED) is 0.456. The number of piperidine rings is 1. The third-order valence-electron chi connectivity index (χ3n) is 5.74. The lowest BCUT2D eigenvalue weighted by molar-refractivity contribution is 0.0137. The Balaban J connectivity index is 0.00000300. The highest BCUT2D eigenvalue weighted by molar-refractivity contribution is 14.0. The lowest BCUT2D eigenvalue weighted by Crippen LogP contribution is -2.57. The summed E-state index contributed by atoms with van der Waals surface area (Å²) < 4.78 is 5.52. The molecule has 168 valence electrons. The molecule has 8 heteroatoms. The van der Waals surface area contributed by atoms with Crippen molar-refractivity contribution in [3.05, 3.63) is 0 Å². The van der Waals surface area contributed by atoms with Gasteiger partial charge >= 0.3 is 6.09 Å². The highest BCUT2D eigenvalue weighted by atomic mass is 127. The molecule has 0 spiro atoms. The van der Waals surface area contributed by atoms with Gasteiger partial charge in [-0.2, -0.15) is 0 Å². The number of hydrogen-bond donors (Lipinski definition) is 1. The van der Waals surface area contributed by atoms with Crippen LogP contribution >= 0.6 is 24.0 Å². The lowest BCUT2D eigenvalue weighted by Gasteiger charge is -2.39. The van der Waals surface area contributed by atoms with E-state index in [0.717, 1.165) is 50.4 Å². The van der Waals surface area contributed by atoms with Crippen molar-refractivity contribution in [2.45, 2.75) is 59.1 Å². The normalized spacial score (nSPS) is 27.8. The summed E-state index contributed by atoms with van der Waals surface area (Å²) in [6, 6.07) is 0.271. The molecule has 3 unspecified atom stereocenters. The summed E-state index contributed by atoms with van der Waals surface area (Å²) in [5.41, 5.74) is -0.447. The predicted molar refractivity (Wildman–Crippen MR) is 128 cm³/mol. The van der Waals surface area contributed by atoms with Crippen LogP contribution in [0, 0.1) is 11.8 Å². The molecule has 1 N–H and O–H groups in total. The molecule has 0 aromatic heterocycles. The van der Waals surface area contributed by atoms with Gasteiger partial charge in [-0.3, -0.25) is 4.99 Å². The smallest absolute Gasteiger partial charge is 0.410 e. The monoisotopic (exact) mass is 521 g/mol. The summed E-state index contributed by atoms with van der Waals surface area (Å²) in [7, 11) is 0. The standard InChI is InChI=1S/C21H39N5O2.HI/c1-16-11-17(2)14-24(13-16)8-6-7-22-19-23-12-18-15-25(9-10-26(18)19)20(27)28-21(3,4)5;/h16-18H,6-15H2,1-5H3,(H,22,23);1H. The van der Waals surface area contributed by atoms with Crippen LogP contribution in [0.1, 0.15) is 47.5 Å². The van der Waals surface area contributed by atoms with E-state index in [1.165, 1.54) is 19.5 Å². The molecule has 2 saturated heterocycles. The molecular weight excluding hydrogens is 481 g/mol. The number of guanidine groups is 1. The van der Waals surface area contributed by atoms with Gasteiger partial charge in [0.05, 0.1) is 12.6 Å². The second-order valence-corrected chi connectivity index (χ2v) is 9.92. The van der Waals surface area contributed by atoms with Crippen molar-refractivity contribution in [2.75, 3.05) is 52.4 Å². The second-order valence-electron chi connectivity index (χ2n) is 9.92. The maximum absolute atomic E-state index is 12.3. The van der Waals surface area contributed by atoms with Crippen LogP contribution in [-0.2, 0) is 4.74 Å². The van der Waals surface area contributed by atoms with E-state index in [1.54, 1.807) is 0 Å². The highest BCUT2D eigenvalue weighted by Gasteiger charge is 2.36. The molecule has 3 atom stereocenters. The first-order valence-electron chi connectivity index (χ1n) is 11.0. The molecule has 0 aromatic carbocycles. The van der Waals surface area contributed by atoms with Gasteiger partial charge in [0, 0.05) is 39.3 Å². The number of aliphatic imine (C=N–C) groups is 1. The Morgan fingerprint density at radius 3 is 2.52 bits per heavy atom. The van der Waals surface area contributed by atoms with Gasteiger partial charge in [-0.15, -0.1) is 24.0 Å². The number of fused-ring (bicyclic) bond motifs is 1. The van der Waals surface area contributed by atoms with E-state index in [4.69, 9.17) is 9.73 Å². The second kappa shape index (κ2) is 10.5. The van der Waals surface area contributed by atoms with Crippen LogP contribution < -0.4 is 5.32 Å². The largest absolute Gasteiger partial charge is 0.444 e. The van der Waals surface area contributed by atoms with Crippen molar-refractivity contribution >= 4 is 36.0 Å². The average Bonchev–Trinajstić information content (AvgIpc) is 2.98. The molecule has 3 aliphatic heterocycles. The lowest BCUT2D eigenvalue weighted by atomic mass is 9.92. The van der Waals surface area contributed by atoms with Gasteiger partial charge < -0.3 is 24.8 Å². The number of ether oxygens (including phenoxy) is 1. The highest BCUT2D eigenvalue weighted by Crippen LogP contribution is 2.21. The van der Waals surface area contributed by atoms with Crippen molar-refractivity contribution in [3.8, 4) is 0 Å². The summed E-state index contributed by atoms with van der Waals surface area (Å²) in [6.45, 7) is 18.0. The Bertz CT molecular complexity index is 570. The van der Waals surface area contributed by atoms with Gasteiger partial charge in [0.1, 0.15) is 5.60 Å². The minimum atomic E-state index is -0.447. The molecule has 1 amide bonds. The number of rotatable bonds is 4. The Morgan fingerprint density at radius 1 is 1.17 bits per heavy atom. The summed E-state index contributed by atoms with van der Waals surface area (Å²) >= 11 is 0. The fourth-order valence-corrected chi connectivity index (χ4v) is 4.70. The number of carbonyl (C=O) groups excluding carboxylic acids is 1. The van der Waals surface area contributed by atoms with E-state index in [2.05, 4.69) is 29.0 Å². The zero-order chi connectivity index (χ0) is 20.3. The first-order valence-corrected chi connectivity index (χ1v) is 11.0. The van der Waals surface area contributed by atoms with Gasteiger partial charge in [0.15, 0.2) is 5.96 Å². The van der Waals surface area contributed by atoms with Crippen LogP contribution in [0.2, 0.25) is 0 Å². The predicted octanol–water partition coefficient (Wildman–Crippen LogP) is 2.85. The van der Waals surface area contributed by atoms with Gasteiger partial charge in [0.2, 0.25) is 0 Å².